The topological polar surface area (TPSA) is 23.5 Å². The van der Waals surface area contributed by atoms with Crippen LogP contribution in [0.2, 0.25) is 0 Å². The predicted octanol–water partition coefficient (Wildman–Crippen LogP) is 2.27. The van der Waals surface area contributed by atoms with E-state index in [4.69, 9.17) is 0 Å². The number of hydrogen-bond acceptors (Lipinski definition) is 2. The molecule has 0 aromatic carbocycles. The predicted molar refractivity (Wildman–Crippen MR) is 60.4 cm³/mol. The second kappa shape index (κ2) is 6.41. The minimum Gasteiger partial charge on any atom is -0.393 e. The second-order valence-electron chi connectivity index (χ2n) is 4.71. The molecule has 1 fully saturated rings. The molecule has 2 nitrogen and oxygen atoms in total. The summed E-state index contributed by atoms with van der Waals surface area (Å²) in [6.07, 6.45) is 6.05. The van der Waals surface area contributed by atoms with Gasteiger partial charge >= 0.3 is 0 Å². The highest BCUT2D eigenvalue weighted by Gasteiger charge is 2.18. The molecule has 0 radical (unpaired) electrons. The van der Waals surface area contributed by atoms with Gasteiger partial charge in [-0.15, -0.1) is 0 Å². The van der Waals surface area contributed by atoms with Crippen molar-refractivity contribution in [2.45, 2.75) is 52.1 Å². The number of rotatable bonds is 5. The second-order valence-corrected chi connectivity index (χ2v) is 4.71. The first-order chi connectivity index (χ1) is 6.72. The van der Waals surface area contributed by atoms with Crippen LogP contribution in [0.15, 0.2) is 0 Å². The van der Waals surface area contributed by atoms with Gasteiger partial charge in [-0.1, -0.05) is 6.92 Å². The fourth-order valence-electron chi connectivity index (χ4n) is 2.29. The molecule has 0 saturated carbocycles. The third kappa shape index (κ3) is 4.43. The molecule has 1 aliphatic heterocycles. The van der Waals surface area contributed by atoms with Crippen LogP contribution in [0.4, 0.5) is 0 Å². The van der Waals surface area contributed by atoms with E-state index in [9.17, 15) is 5.11 Å². The molecular formula is C12H25NO. The van der Waals surface area contributed by atoms with E-state index in [2.05, 4.69) is 11.8 Å². The highest BCUT2D eigenvalue weighted by Crippen LogP contribution is 2.22. The zero-order valence-corrected chi connectivity index (χ0v) is 9.71. The van der Waals surface area contributed by atoms with Crippen molar-refractivity contribution >= 4 is 0 Å². The van der Waals surface area contributed by atoms with Crippen LogP contribution in [0.1, 0.15) is 46.0 Å². The van der Waals surface area contributed by atoms with Crippen LogP contribution in [-0.2, 0) is 0 Å². The lowest BCUT2D eigenvalue weighted by Gasteiger charge is -2.31. The molecule has 1 saturated heterocycles. The Morgan fingerprint density at radius 1 is 1.36 bits per heavy atom. The number of aliphatic hydroxyl groups excluding tert-OH is 1. The van der Waals surface area contributed by atoms with Gasteiger partial charge in [0.1, 0.15) is 0 Å². The maximum atomic E-state index is 9.21. The van der Waals surface area contributed by atoms with Gasteiger partial charge in [-0.05, 0) is 64.6 Å². The molecule has 0 aromatic heterocycles. The summed E-state index contributed by atoms with van der Waals surface area (Å²) in [7, 11) is 0. The molecule has 1 aliphatic rings. The molecule has 2 heteroatoms. The molecule has 1 unspecified atom stereocenters. The number of nitrogens with zero attached hydrogens (tertiary/aromatic N) is 1. The number of hydrogen-bond donors (Lipinski definition) is 1. The Bertz CT molecular complexity index is 139. The minimum absolute atomic E-state index is 0.108. The molecule has 0 aromatic rings. The van der Waals surface area contributed by atoms with E-state index in [-0.39, 0.29) is 6.10 Å². The van der Waals surface area contributed by atoms with Gasteiger partial charge in [0.05, 0.1) is 6.10 Å². The molecular weight excluding hydrogens is 174 g/mol. The Hall–Kier alpha value is -0.0800. The standard InChI is InChI=1S/C12H25NO/c1-3-8-13-9-6-12(7-10-13)5-4-11(2)14/h11-12,14H,3-10H2,1-2H3. The first-order valence-corrected chi connectivity index (χ1v) is 6.12. The van der Waals surface area contributed by atoms with Crippen LogP contribution in [0.25, 0.3) is 0 Å². The van der Waals surface area contributed by atoms with E-state index in [1.54, 1.807) is 0 Å². The van der Waals surface area contributed by atoms with Gasteiger partial charge in [0.15, 0.2) is 0 Å². The van der Waals surface area contributed by atoms with Crippen molar-refractivity contribution in [3.05, 3.63) is 0 Å². The molecule has 14 heavy (non-hydrogen) atoms. The SMILES string of the molecule is CCCN1CCC(CCC(C)O)CC1. The van der Waals surface area contributed by atoms with E-state index < -0.39 is 0 Å². The fourth-order valence-corrected chi connectivity index (χ4v) is 2.29. The van der Waals surface area contributed by atoms with Crippen molar-refractivity contribution in [2.75, 3.05) is 19.6 Å². The Balaban J connectivity index is 2.09. The van der Waals surface area contributed by atoms with Gasteiger partial charge in [-0.2, -0.15) is 0 Å². The van der Waals surface area contributed by atoms with Crippen molar-refractivity contribution in [2.24, 2.45) is 5.92 Å². The van der Waals surface area contributed by atoms with E-state index in [1.807, 2.05) is 6.92 Å². The molecule has 1 N–H and O–H groups in total. The average Bonchev–Trinajstić information content (AvgIpc) is 2.17. The average molecular weight is 199 g/mol. The summed E-state index contributed by atoms with van der Waals surface area (Å²) in [5, 5.41) is 9.21. The number of likely N-dealkylation sites (tertiary alicyclic amines) is 1. The molecule has 0 bridgehead atoms. The molecule has 0 amide bonds. The van der Waals surface area contributed by atoms with Crippen LogP contribution >= 0.6 is 0 Å². The van der Waals surface area contributed by atoms with Gasteiger partial charge in [-0.3, -0.25) is 0 Å². The quantitative estimate of drug-likeness (QED) is 0.734. The van der Waals surface area contributed by atoms with Crippen LogP contribution < -0.4 is 0 Å². The minimum atomic E-state index is -0.108. The van der Waals surface area contributed by atoms with Crippen molar-refractivity contribution in [3.63, 3.8) is 0 Å². The highest BCUT2D eigenvalue weighted by atomic mass is 16.3. The van der Waals surface area contributed by atoms with Crippen molar-refractivity contribution in [1.82, 2.24) is 4.90 Å². The zero-order chi connectivity index (χ0) is 10.4. The largest absolute Gasteiger partial charge is 0.393 e. The van der Waals surface area contributed by atoms with Gasteiger partial charge in [0.25, 0.3) is 0 Å². The molecule has 1 atom stereocenters. The molecule has 0 spiro atoms. The first kappa shape index (κ1) is 12.0. The number of piperidine rings is 1. The van der Waals surface area contributed by atoms with E-state index in [0.717, 1.165) is 12.3 Å². The van der Waals surface area contributed by atoms with Crippen molar-refractivity contribution in [1.29, 1.82) is 0 Å². The van der Waals surface area contributed by atoms with Gasteiger partial charge < -0.3 is 10.0 Å². The van der Waals surface area contributed by atoms with Crippen LogP contribution in [0.3, 0.4) is 0 Å². The fraction of sp³-hybridized carbons (Fsp3) is 1.00. The summed E-state index contributed by atoms with van der Waals surface area (Å²) in [6, 6.07) is 0. The lowest BCUT2D eigenvalue weighted by atomic mass is 9.91. The van der Waals surface area contributed by atoms with E-state index in [1.165, 1.54) is 45.3 Å². The summed E-state index contributed by atoms with van der Waals surface area (Å²) in [6.45, 7) is 7.96. The Morgan fingerprint density at radius 2 is 2.00 bits per heavy atom. The summed E-state index contributed by atoms with van der Waals surface area (Å²) in [5.41, 5.74) is 0. The van der Waals surface area contributed by atoms with Crippen molar-refractivity contribution < 1.29 is 5.11 Å². The van der Waals surface area contributed by atoms with Crippen LogP contribution in [0.5, 0.6) is 0 Å². The normalized spacial score (nSPS) is 22.5. The molecule has 84 valence electrons. The summed E-state index contributed by atoms with van der Waals surface area (Å²) in [5.74, 6) is 0.873. The van der Waals surface area contributed by atoms with Crippen LogP contribution in [-0.4, -0.2) is 35.7 Å². The number of aliphatic hydroxyl groups is 1. The Kier molecular flexibility index (Phi) is 5.49. The monoisotopic (exact) mass is 199 g/mol. The third-order valence-electron chi connectivity index (χ3n) is 3.24. The lowest BCUT2D eigenvalue weighted by molar-refractivity contribution is 0.144. The maximum Gasteiger partial charge on any atom is 0.0512 e. The van der Waals surface area contributed by atoms with Gasteiger partial charge in [-0.25, -0.2) is 0 Å². The van der Waals surface area contributed by atoms with Crippen LogP contribution in [0, 0.1) is 5.92 Å². The molecule has 0 aliphatic carbocycles. The maximum absolute atomic E-state index is 9.21. The Morgan fingerprint density at radius 3 is 2.50 bits per heavy atom. The molecule has 1 rings (SSSR count). The summed E-state index contributed by atoms with van der Waals surface area (Å²) < 4.78 is 0. The summed E-state index contributed by atoms with van der Waals surface area (Å²) >= 11 is 0. The highest BCUT2D eigenvalue weighted by molar-refractivity contribution is 4.72. The van der Waals surface area contributed by atoms with E-state index in [0.29, 0.717) is 0 Å². The van der Waals surface area contributed by atoms with Gasteiger partial charge in [0.2, 0.25) is 0 Å². The third-order valence-corrected chi connectivity index (χ3v) is 3.24. The zero-order valence-electron chi connectivity index (χ0n) is 9.71. The lowest BCUT2D eigenvalue weighted by Crippen LogP contribution is -2.34. The first-order valence-electron chi connectivity index (χ1n) is 6.12. The van der Waals surface area contributed by atoms with Crippen molar-refractivity contribution in [3.8, 4) is 0 Å². The smallest absolute Gasteiger partial charge is 0.0512 e. The Labute approximate surface area is 88.3 Å². The van der Waals surface area contributed by atoms with E-state index >= 15 is 0 Å². The summed E-state index contributed by atoms with van der Waals surface area (Å²) in [4.78, 5) is 2.57. The molecule has 1 heterocycles. The van der Waals surface area contributed by atoms with Gasteiger partial charge in [0, 0.05) is 0 Å².